The van der Waals surface area contributed by atoms with Gasteiger partial charge in [-0.05, 0) is 63.3 Å². The molecule has 2 unspecified atom stereocenters. The minimum atomic E-state index is -0.271. The number of ether oxygens (including phenoxy) is 1. The quantitative estimate of drug-likeness (QED) is 0.217. The molecule has 134 valence electrons. The van der Waals surface area contributed by atoms with E-state index in [0.717, 1.165) is 23.9 Å². The zero-order chi connectivity index (χ0) is 18.0. The molecule has 0 aliphatic carbocycles. The number of rotatable bonds is 10. The molecule has 0 amide bonds. The maximum Gasteiger partial charge on any atom is 0.0973 e. The molecule has 0 saturated carbocycles. The first-order chi connectivity index (χ1) is 11.3. The van der Waals surface area contributed by atoms with Gasteiger partial charge in [0.15, 0.2) is 0 Å². The van der Waals surface area contributed by atoms with Gasteiger partial charge in [0.25, 0.3) is 0 Å². The van der Waals surface area contributed by atoms with E-state index in [1.54, 1.807) is 0 Å². The molecule has 24 heavy (non-hydrogen) atoms. The van der Waals surface area contributed by atoms with Gasteiger partial charge in [-0.25, -0.2) is 0 Å². The lowest BCUT2D eigenvalue weighted by Gasteiger charge is -2.24. The van der Waals surface area contributed by atoms with Crippen LogP contribution in [0, 0.1) is 0 Å². The van der Waals surface area contributed by atoms with Crippen LogP contribution in [0.2, 0.25) is 0 Å². The fraction of sp³-hybridized carbons (Fsp3) is 0.500. The number of halogens is 1. The molecule has 0 N–H and O–H groups in total. The molecular weight excluding hydrogens is 398 g/mol. The molecule has 0 radical (unpaired) electrons. The summed E-state index contributed by atoms with van der Waals surface area (Å²) < 4.78 is 7.14. The standard InChI is InChI=1S/C20H31BrOP2/c1-16(2)9-6-4-5-7-14-22-20(23,24)13-12-17(3)18-10-8-11-19(21)15-18/h8-12,15H,4-7,13-14,23-24H2,1-3H3/b17-12+. The lowest BCUT2D eigenvalue weighted by molar-refractivity contribution is 0.0863. The van der Waals surface area contributed by atoms with Crippen molar-refractivity contribution in [3.8, 4) is 0 Å². The smallest absolute Gasteiger partial charge is 0.0973 e. The van der Waals surface area contributed by atoms with Crippen LogP contribution < -0.4 is 0 Å². The highest BCUT2D eigenvalue weighted by Gasteiger charge is 2.17. The van der Waals surface area contributed by atoms with Crippen molar-refractivity contribution in [2.45, 2.75) is 58.0 Å². The third-order valence-corrected chi connectivity index (χ3v) is 5.08. The zero-order valence-corrected chi connectivity index (χ0v) is 19.0. The van der Waals surface area contributed by atoms with Crippen molar-refractivity contribution in [3.05, 3.63) is 52.0 Å². The average Bonchev–Trinajstić information content (AvgIpc) is 2.51. The molecular formula is C20H31BrOP2. The van der Waals surface area contributed by atoms with Crippen LogP contribution in [0.5, 0.6) is 0 Å². The van der Waals surface area contributed by atoms with E-state index in [9.17, 15) is 0 Å². The Labute approximate surface area is 161 Å². The molecule has 1 rings (SSSR count). The van der Waals surface area contributed by atoms with Crippen molar-refractivity contribution in [1.82, 2.24) is 0 Å². The van der Waals surface area contributed by atoms with Gasteiger partial charge in [0.2, 0.25) is 0 Å². The molecule has 4 heteroatoms. The zero-order valence-electron chi connectivity index (χ0n) is 15.1. The Morgan fingerprint density at radius 2 is 1.88 bits per heavy atom. The molecule has 1 aromatic rings. The lowest BCUT2D eigenvalue weighted by atomic mass is 10.1. The van der Waals surface area contributed by atoms with Crippen LogP contribution in [-0.4, -0.2) is 11.7 Å². The molecule has 1 nitrogen and oxygen atoms in total. The van der Waals surface area contributed by atoms with Gasteiger partial charge in [0.1, 0.15) is 0 Å². The highest BCUT2D eigenvalue weighted by atomic mass is 79.9. The summed E-state index contributed by atoms with van der Waals surface area (Å²) in [6.45, 7) is 7.27. The summed E-state index contributed by atoms with van der Waals surface area (Å²) in [7, 11) is 5.65. The van der Waals surface area contributed by atoms with Crippen molar-refractivity contribution in [2.24, 2.45) is 0 Å². The van der Waals surface area contributed by atoms with Gasteiger partial charge in [-0.15, -0.1) is 0 Å². The Kier molecular flexibility index (Phi) is 10.6. The molecule has 0 aliphatic heterocycles. The van der Waals surface area contributed by atoms with Gasteiger partial charge in [-0.2, -0.15) is 0 Å². The van der Waals surface area contributed by atoms with Gasteiger partial charge < -0.3 is 4.74 Å². The molecule has 0 fully saturated rings. The maximum atomic E-state index is 6.02. The van der Waals surface area contributed by atoms with E-state index in [-0.39, 0.29) is 5.08 Å². The maximum absolute atomic E-state index is 6.02. The molecule has 0 spiro atoms. The Morgan fingerprint density at radius 1 is 1.12 bits per heavy atom. The molecule has 0 saturated heterocycles. The molecule has 0 aromatic heterocycles. The Morgan fingerprint density at radius 3 is 2.54 bits per heavy atom. The average molecular weight is 429 g/mol. The second-order valence-corrected chi connectivity index (χ2v) is 10.1. The highest BCUT2D eigenvalue weighted by Crippen LogP contribution is 2.34. The summed E-state index contributed by atoms with van der Waals surface area (Å²) in [6, 6.07) is 8.40. The molecule has 2 atom stereocenters. The third-order valence-electron chi connectivity index (χ3n) is 3.78. The minimum absolute atomic E-state index is 0.271. The van der Waals surface area contributed by atoms with Crippen LogP contribution in [0.15, 0.2) is 46.5 Å². The molecule has 0 bridgehead atoms. The van der Waals surface area contributed by atoms with E-state index in [1.807, 2.05) is 6.07 Å². The number of allylic oxidation sites excluding steroid dienone is 3. The first kappa shape index (κ1) is 22.0. The van der Waals surface area contributed by atoms with Gasteiger partial charge in [-0.1, -0.05) is 70.7 Å². The van der Waals surface area contributed by atoms with Gasteiger partial charge in [0, 0.05) is 17.5 Å². The number of hydrogen-bond acceptors (Lipinski definition) is 1. The van der Waals surface area contributed by atoms with E-state index in [0.29, 0.717) is 0 Å². The Balaban J connectivity index is 2.32. The summed E-state index contributed by atoms with van der Waals surface area (Å²) in [6.07, 6.45) is 10.2. The van der Waals surface area contributed by atoms with E-state index < -0.39 is 0 Å². The fourth-order valence-electron chi connectivity index (χ4n) is 2.30. The first-order valence-corrected chi connectivity index (χ1v) is 10.5. The van der Waals surface area contributed by atoms with Crippen LogP contribution in [0.1, 0.15) is 58.4 Å². The highest BCUT2D eigenvalue weighted by molar-refractivity contribution is 9.10. The van der Waals surface area contributed by atoms with Crippen LogP contribution in [0.3, 0.4) is 0 Å². The lowest BCUT2D eigenvalue weighted by Crippen LogP contribution is -2.16. The summed E-state index contributed by atoms with van der Waals surface area (Å²) >= 11 is 3.53. The largest absolute Gasteiger partial charge is 0.367 e. The number of unbranched alkanes of at least 4 members (excludes halogenated alkanes) is 3. The predicted octanol–water partition coefficient (Wildman–Crippen LogP) is 7.19. The summed E-state index contributed by atoms with van der Waals surface area (Å²) in [4.78, 5) is 0. The Bertz CT molecular complexity index is 561. The van der Waals surface area contributed by atoms with Crippen LogP contribution in [0.4, 0.5) is 0 Å². The summed E-state index contributed by atoms with van der Waals surface area (Å²) in [5, 5.41) is -0.271. The molecule has 1 aromatic carbocycles. The second-order valence-electron chi connectivity index (χ2n) is 6.54. The van der Waals surface area contributed by atoms with Crippen molar-refractivity contribution in [2.75, 3.05) is 6.61 Å². The Hall–Kier alpha value is 0. The SMILES string of the molecule is CC(C)=CCCCCCOC(P)(P)C/C=C(\C)c1cccc(Br)c1. The summed E-state index contributed by atoms with van der Waals surface area (Å²) in [5.74, 6) is 0. The van der Waals surface area contributed by atoms with Crippen LogP contribution in [0.25, 0.3) is 5.57 Å². The normalized spacial score (nSPS) is 12.3. The molecule has 0 heterocycles. The third kappa shape index (κ3) is 10.1. The van der Waals surface area contributed by atoms with Gasteiger partial charge >= 0.3 is 0 Å². The van der Waals surface area contributed by atoms with Crippen molar-refractivity contribution < 1.29 is 4.74 Å². The van der Waals surface area contributed by atoms with E-state index in [2.05, 4.69) is 85.5 Å². The van der Waals surface area contributed by atoms with E-state index >= 15 is 0 Å². The monoisotopic (exact) mass is 428 g/mol. The fourth-order valence-corrected chi connectivity index (χ4v) is 3.17. The second kappa shape index (κ2) is 11.6. The number of benzene rings is 1. The first-order valence-electron chi connectivity index (χ1n) is 8.58. The topological polar surface area (TPSA) is 9.23 Å². The summed E-state index contributed by atoms with van der Waals surface area (Å²) in [5.41, 5.74) is 3.93. The van der Waals surface area contributed by atoms with Gasteiger partial charge in [-0.3, -0.25) is 0 Å². The van der Waals surface area contributed by atoms with E-state index in [4.69, 9.17) is 4.74 Å². The van der Waals surface area contributed by atoms with Gasteiger partial charge in [0.05, 0.1) is 5.08 Å². The minimum Gasteiger partial charge on any atom is -0.367 e. The number of hydrogen-bond donors (Lipinski definition) is 0. The predicted molar refractivity (Wildman–Crippen MR) is 118 cm³/mol. The van der Waals surface area contributed by atoms with E-state index in [1.165, 1.54) is 36.0 Å². The van der Waals surface area contributed by atoms with Crippen molar-refractivity contribution >= 4 is 40.0 Å². The van der Waals surface area contributed by atoms with Crippen molar-refractivity contribution in [1.29, 1.82) is 0 Å². The van der Waals surface area contributed by atoms with Crippen molar-refractivity contribution in [3.63, 3.8) is 0 Å². The van der Waals surface area contributed by atoms with Crippen LogP contribution >= 0.6 is 34.4 Å². The molecule has 0 aliphatic rings. The van der Waals surface area contributed by atoms with Crippen LogP contribution in [-0.2, 0) is 4.74 Å².